The maximum absolute atomic E-state index is 13.0. The molecule has 0 N–H and O–H groups in total. The molecule has 7 heteroatoms. The summed E-state index contributed by atoms with van der Waals surface area (Å²) in [5.41, 5.74) is 2.81. The molecule has 0 amide bonds. The highest BCUT2D eigenvalue weighted by atomic mass is 16.7. The molecule has 0 bridgehead atoms. The van der Waals surface area contributed by atoms with Crippen LogP contribution >= 0.6 is 0 Å². The van der Waals surface area contributed by atoms with Crippen LogP contribution in [0.15, 0.2) is 30.3 Å². The van der Waals surface area contributed by atoms with Crippen molar-refractivity contribution >= 4 is 5.97 Å². The molecule has 3 aliphatic heterocycles. The topological polar surface area (TPSA) is 66.5 Å². The number of hydrogen-bond acceptors (Lipinski definition) is 7. The number of ether oxygens (including phenoxy) is 5. The van der Waals surface area contributed by atoms with E-state index in [0.717, 1.165) is 31.0 Å². The molecule has 0 radical (unpaired) electrons. The van der Waals surface area contributed by atoms with Gasteiger partial charge in [0.1, 0.15) is 12.2 Å². The summed E-state index contributed by atoms with van der Waals surface area (Å²) in [4.78, 5) is 15.4. The Morgan fingerprint density at radius 3 is 2.88 bits per heavy atom. The number of benzene rings is 2. The van der Waals surface area contributed by atoms with Gasteiger partial charge in [0.05, 0.1) is 12.7 Å². The predicted octanol–water partition coefficient (Wildman–Crippen LogP) is 3.52. The van der Waals surface area contributed by atoms with E-state index in [1.54, 1.807) is 25.3 Å². The lowest BCUT2D eigenvalue weighted by atomic mass is 9.69. The lowest BCUT2D eigenvalue weighted by molar-refractivity contribution is 0.0173. The summed E-state index contributed by atoms with van der Waals surface area (Å²) in [6.07, 6.45) is 1.36. The third-order valence-corrected chi connectivity index (χ3v) is 7.76. The van der Waals surface area contributed by atoms with Gasteiger partial charge in [0.2, 0.25) is 6.79 Å². The van der Waals surface area contributed by atoms with E-state index in [1.165, 1.54) is 11.1 Å². The lowest BCUT2D eigenvalue weighted by Crippen LogP contribution is -2.40. The average Bonchev–Trinajstić information content (AvgIpc) is 3.42. The quantitative estimate of drug-likeness (QED) is 0.681. The van der Waals surface area contributed by atoms with Crippen molar-refractivity contribution in [2.24, 2.45) is 5.92 Å². The van der Waals surface area contributed by atoms with E-state index in [9.17, 15) is 4.79 Å². The lowest BCUT2D eigenvalue weighted by Gasteiger charge is -2.34. The van der Waals surface area contributed by atoms with Crippen molar-refractivity contribution in [2.45, 2.75) is 43.9 Å². The Kier molecular flexibility index (Phi) is 4.34. The molecule has 7 nitrogen and oxygen atoms in total. The minimum absolute atomic E-state index is 0.0383. The first kappa shape index (κ1) is 19.7. The van der Waals surface area contributed by atoms with Crippen LogP contribution in [-0.2, 0) is 16.7 Å². The van der Waals surface area contributed by atoms with Crippen LogP contribution < -0.4 is 18.9 Å². The minimum Gasteiger partial charge on any atom is -0.493 e. The van der Waals surface area contributed by atoms with Crippen molar-refractivity contribution in [1.82, 2.24) is 4.90 Å². The van der Waals surface area contributed by atoms with Gasteiger partial charge < -0.3 is 28.6 Å². The molecule has 0 saturated heterocycles. The van der Waals surface area contributed by atoms with Crippen molar-refractivity contribution < 1.29 is 28.5 Å². The van der Waals surface area contributed by atoms with Crippen LogP contribution in [0.5, 0.6) is 23.0 Å². The van der Waals surface area contributed by atoms with Gasteiger partial charge in [-0.1, -0.05) is 13.0 Å². The fourth-order valence-electron chi connectivity index (χ4n) is 6.10. The fraction of sp³-hybridized carbons (Fsp3) is 0.480. The molecule has 4 atom stereocenters. The molecule has 0 aromatic heterocycles. The van der Waals surface area contributed by atoms with Gasteiger partial charge >= 0.3 is 5.97 Å². The van der Waals surface area contributed by atoms with Crippen molar-refractivity contribution in [3.63, 3.8) is 0 Å². The van der Waals surface area contributed by atoms with Gasteiger partial charge in [-0.2, -0.15) is 0 Å². The molecule has 3 heterocycles. The van der Waals surface area contributed by atoms with Gasteiger partial charge in [-0.3, -0.25) is 0 Å². The second-order valence-corrected chi connectivity index (χ2v) is 9.30. The fourth-order valence-corrected chi connectivity index (χ4v) is 6.10. The highest BCUT2D eigenvalue weighted by Crippen LogP contribution is 2.61. The Labute approximate surface area is 187 Å². The van der Waals surface area contributed by atoms with Gasteiger partial charge in [-0.25, -0.2) is 4.79 Å². The normalized spacial score (nSPS) is 29.7. The molecule has 2 unspecified atom stereocenters. The number of nitrogens with zero attached hydrogens (tertiary/aromatic N) is 1. The van der Waals surface area contributed by atoms with E-state index in [4.69, 9.17) is 23.7 Å². The Morgan fingerprint density at radius 1 is 1.19 bits per heavy atom. The summed E-state index contributed by atoms with van der Waals surface area (Å²) in [5, 5.41) is 0. The SMILES string of the molecule is COc1ccc2c3c1OC1C[C@@H](OC(=O)c4ccc5c(c4)OCO5)C(C)[C@@]31CCN(C)C2. The molecule has 2 aromatic carbocycles. The number of carbonyl (C=O) groups is 1. The second kappa shape index (κ2) is 7.04. The summed E-state index contributed by atoms with van der Waals surface area (Å²) in [6.45, 7) is 4.21. The van der Waals surface area contributed by atoms with E-state index in [1.807, 2.05) is 6.07 Å². The summed E-state index contributed by atoms with van der Waals surface area (Å²) in [6, 6.07) is 9.34. The summed E-state index contributed by atoms with van der Waals surface area (Å²) in [5.74, 6) is 2.66. The van der Waals surface area contributed by atoms with Gasteiger partial charge in [0.25, 0.3) is 0 Å². The van der Waals surface area contributed by atoms with Crippen LogP contribution in [0.25, 0.3) is 0 Å². The summed E-state index contributed by atoms with van der Waals surface area (Å²) < 4.78 is 29.0. The van der Waals surface area contributed by atoms with Crippen molar-refractivity contribution in [1.29, 1.82) is 0 Å². The third-order valence-electron chi connectivity index (χ3n) is 7.76. The molecule has 168 valence electrons. The molecule has 6 rings (SSSR count). The van der Waals surface area contributed by atoms with Crippen molar-refractivity contribution in [2.75, 3.05) is 27.5 Å². The second-order valence-electron chi connectivity index (χ2n) is 9.30. The monoisotopic (exact) mass is 437 g/mol. The number of hydrogen-bond donors (Lipinski definition) is 0. The van der Waals surface area contributed by atoms with E-state index in [0.29, 0.717) is 23.5 Å². The van der Waals surface area contributed by atoms with E-state index < -0.39 is 0 Å². The number of rotatable bonds is 3. The van der Waals surface area contributed by atoms with Gasteiger partial charge in [0, 0.05) is 29.9 Å². The number of fused-ring (bicyclic) bond motifs is 1. The average molecular weight is 437 g/mol. The summed E-state index contributed by atoms with van der Waals surface area (Å²) in [7, 11) is 3.84. The third kappa shape index (κ3) is 2.67. The standard InChI is InChI=1S/C25H27NO6/c1-14-19(31-24(27)15-4-6-17-20(10-15)30-13-29-17)11-21-25(14)8-9-26(2)12-16-5-7-18(28-3)23(32-21)22(16)25/h4-7,10,14,19,21H,8-9,11-13H2,1-3H3/t14?,19-,21?,25-/m1/s1. The molecule has 2 aromatic rings. The minimum atomic E-state index is -0.339. The van der Waals surface area contributed by atoms with Gasteiger partial charge in [-0.15, -0.1) is 0 Å². The van der Waals surface area contributed by atoms with Crippen molar-refractivity contribution in [3.05, 3.63) is 47.0 Å². The highest BCUT2D eigenvalue weighted by molar-refractivity contribution is 5.90. The Morgan fingerprint density at radius 2 is 2.03 bits per heavy atom. The van der Waals surface area contributed by atoms with E-state index in [2.05, 4.69) is 24.9 Å². The molecule has 1 saturated carbocycles. The van der Waals surface area contributed by atoms with Crippen molar-refractivity contribution in [3.8, 4) is 23.0 Å². The molecular weight excluding hydrogens is 410 g/mol. The van der Waals surface area contributed by atoms with Crippen LogP contribution in [-0.4, -0.2) is 50.6 Å². The van der Waals surface area contributed by atoms with E-state index in [-0.39, 0.29) is 36.3 Å². The number of methoxy groups -OCH3 is 1. The Balaban J connectivity index is 1.33. The number of esters is 1. The summed E-state index contributed by atoms with van der Waals surface area (Å²) >= 11 is 0. The van der Waals surface area contributed by atoms with Crippen LogP contribution in [0.1, 0.15) is 41.3 Å². The zero-order valence-corrected chi connectivity index (χ0v) is 18.6. The molecule has 1 fully saturated rings. The molecule has 1 aliphatic carbocycles. The van der Waals surface area contributed by atoms with Gasteiger partial charge in [-0.05, 0) is 49.8 Å². The van der Waals surface area contributed by atoms with Crippen LogP contribution in [0.3, 0.4) is 0 Å². The molecular formula is C25H27NO6. The smallest absolute Gasteiger partial charge is 0.338 e. The highest BCUT2D eigenvalue weighted by Gasteiger charge is 2.62. The first-order valence-electron chi connectivity index (χ1n) is 11.2. The molecule has 32 heavy (non-hydrogen) atoms. The van der Waals surface area contributed by atoms with Crippen LogP contribution in [0, 0.1) is 5.92 Å². The van der Waals surface area contributed by atoms with Crippen LogP contribution in [0.4, 0.5) is 0 Å². The van der Waals surface area contributed by atoms with Gasteiger partial charge in [0.15, 0.2) is 23.0 Å². The van der Waals surface area contributed by atoms with Crippen LogP contribution in [0.2, 0.25) is 0 Å². The Bertz CT molecular complexity index is 1100. The first-order valence-corrected chi connectivity index (χ1v) is 11.2. The first-order chi connectivity index (χ1) is 15.5. The largest absolute Gasteiger partial charge is 0.493 e. The zero-order valence-electron chi connectivity index (χ0n) is 18.6. The number of carbonyl (C=O) groups excluding carboxylic acids is 1. The maximum atomic E-state index is 13.0. The molecule has 4 aliphatic rings. The zero-order chi connectivity index (χ0) is 22.0. The van der Waals surface area contributed by atoms with E-state index >= 15 is 0 Å². The Hall–Kier alpha value is -2.93. The predicted molar refractivity (Wildman–Crippen MR) is 116 cm³/mol. The maximum Gasteiger partial charge on any atom is 0.338 e. The molecule has 1 spiro atoms.